The predicted molar refractivity (Wildman–Crippen MR) is 78.5 cm³/mol. The van der Waals surface area contributed by atoms with Gasteiger partial charge in [0.2, 0.25) is 10.0 Å². The average molecular weight is 303 g/mol. The summed E-state index contributed by atoms with van der Waals surface area (Å²) in [4.78, 5) is 1.95. The van der Waals surface area contributed by atoms with E-state index in [1.54, 1.807) is 0 Å². The van der Waals surface area contributed by atoms with Crippen LogP contribution in [0.5, 0.6) is 0 Å². The maximum atomic E-state index is 13.5. The molecule has 0 aliphatic rings. The van der Waals surface area contributed by atoms with Gasteiger partial charge in [-0.3, -0.25) is 0 Å². The molecule has 0 radical (unpaired) electrons. The minimum absolute atomic E-state index is 0.133. The Labute approximate surface area is 120 Å². The highest BCUT2D eigenvalue weighted by molar-refractivity contribution is 7.89. The second-order valence-electron chi connectivity index (χ2n) is 4.54. The van der Waals surface area contributed by atoms with Crippen molar-refractivity contribution in [2.75, 3.05) is 31.9 Å². The number of nitrogens with zero attached hydrogens (tertiary/aromatic N) is 1. The molecule has 1 aromatic carbocycles. The Morgan fingerprint density at radius 3 is 2.40 bits per heavy atom. The number of hydrogen-bond acceptors (Lipinski definition) is 4. The molecule has 5 nitrogen and oxygen atoms in total. The molecule has 0 amide bonds. The van der Waals surface area contributed by atoms with E-state index in [9.17, 15) is 12.8 Å². The fourth-order valence-electron chi connectivity index (χ4n) is 1.79. The Bertz CT molecular complexity index is 534. The number of nitrogens with one attached hydrogen (secondary N) is 1. The first-order chi connectivity index (χ1) is 9.31. The van der Waals surface area contributed by atoms with E-state index >= 15 is 0 Å². The number of sulfonamides is 1. The van der Waals surface area contributed by atoms with Gasteiger partial charge in [0.1, 0.15) is 5.82 Å². The minimum Gasteiger partial charge on any atom is -0.398 e. The van der Waals surface area contributed by atoms with Gasteiger partial charge < -0.3 is 10.6 Å². The number of rotatable bonds is 7. The third-order valence-electron chi connectivity index (χ3n) is 3.28. The summed E-state index contributed by atoms with van der Waals surface area (Å²) in [5.74, 6) is -0.617. The van der Waals surface area contributed by atoms with Gasteiger partial charge in [-0.15, -0.1) is 0 Å². The molecule has 0 bridgehead atoms. The molecule has 0 heterocycles. The molecule has 1 aromatic rings. The van der Waals surface area contributed by atoms with Crippen molar-refractivity contribution in [3.05, 3.63) is 23.5 Å². The molecule has 7 heteroatoms. The fraction of sp³-hybridized carbons (Fsp3) is 0.538. The van der Waals surface area contributed by atoms with E-state index in [0.29, 0.717) is 6.54 Å². The topological polar surface area (TPSA) is 75.4 Å². The van der Waals surface area contributed by atoms with Crippen LogP contribution in [0.25, 0.3) is 0 Å². The summed E-state index contributed by atoms with van der Waals surface area (Å²) in [5, 5.41) is 0. The lowest BCUT2D eigenvalue weighted by Crippen LogP contribution is -2.34. The Hall–Kier alpha value is -1.18. The summed E-state index contributed by atoms with van der Waals surface area (Å²) in [7, 11) is -3.73. The van der Waals surface area contributed by atoms with Crippen LogP contribution in [-0.4, -0.2) is 39.5 Å². The molecule has 0 fully saturated rings. The van der Waals surface area contributed by atoms with Gasteiger partial charge in [-0.25, -0.2) is 17.5 Å². The second kappa shape index (κ2) is 7.01. The van der Waals surface area contributed by atoms with E-state index in [2.05, 4.69) is 9.62 Å². The first-order valence-corrected chi connectivity index (χ1v) is 8.07. The molecule has 1 rings (SSSR count). The van der Waals surface area contributed by atoms with Crippen LogP contribution in [-0.2, 0) is 10.0 Å². The Morgan fingerprint density at radius 2 is 1.90 bits per heavy atom. The standard InChI is InChI=1S/C13H22FN3O2S/c1-4-17(5-2)7-6-16-20(18,19)11-8-12(14)10(3)13(15)9-11/h8-9,16H,4-7,15H2,1-3H3. The zero-order valence-electron chi connectivity index (χ0n) is 12.1. The number of benzene rings is 1. The van der Waals surface area contributed by atoms with Gasteiger partial charge >= 0.3 is 0 Å². The molecule has 0 spiro atoms. The summed E-state index contributed by atoms with van der Waals surface area (Å²) < 4.78 is 40.1. The van der Waals surface area contributed by atoms with Crippen LogP contribution in [0, 0.1) is 12.7 Å². The molecule has 0 saturated heterocycles. The van der Waals surface area contributed by atoms with Crippen LogP contribution in [0.4, 0.5) is 10.1 Å². The van der Waals surface area contributed by atoms with Gasteiger partial charge in [0.25, 0.3) is 0 Å². The average Bonchev–Trinajstić information content (AvgIpc) is 2.40. The van der Waals surface area contributed by atoms with E-state index < -0.39 is 15.8 Å². The fourth-order valence-corrected chi connectivity index (χ4v) is 2.86. The summed E-state index contributed by atoms with van der Waals surface area (Å²) in [6.45, 7) is 8.11. The van der Waals surface area contributed by atoms with Crippen LogP contribution in [0.1, 0.15) is 19.4 Å². The molecular weight excluding hydrogens is 281 g/mol. The first kappa shape index (κ1) is 16.9. The van der Waals surface area contributed by atoms with Crippen molar-refractivity contribution >= 4 is 15.7 Å². The lowest BCUT2D eigenvalue weighted by molar-refractivity contribution is 0.309. The molecule has 0 aliphatic carbocycles. The monoisotopic (exact) mass is 303 g/mol. The quantitative estimate of drug-likeness (QED) is 0.745. The van der Waals surface area contributed by atoms with Crippen molar-refractivity contribution < 1.29 is 12.8 Å². The van der Waals surface area contributed by atoms with Crippen molar-refractivity contribution in [1.29, 1.82) is 0 Å². The summed E-state index contributed by atoms with van der Waals surface area (Å²) in [5.41, 5.74) is 5.99. The van der Waals surface area contributed by atoms with E-state index in [4.69, 9.17) is 5.73 Å². The smallest absolute Gasteiger partial charge is 0.240 e. The number of likely N-dealkylation sites (N-methyl/N-ethyl adjacent to an activating group) is 1. The van der Waals surface area contributed by atoms with Gasteiger partial charge in [-0.1, -0.05) is 13.8 Å². The number of anilines is 1. The largest absolute Gasteiger partial charge is 0.398 e. The first-order valence-electron chi connectivity index (χ1n) is 6.59. The Kier molecular flexibility index (Phi) is 5.91. The van der Waals surface area contributed by atoms with E-state index in [1.807, 2.05) is 13.8 Å². The van der Waals surface area contributed by atoms with Crippen molar-refractivity contribution in [1.82, 2.24) is 9.62 Å². The highest BCUT2D eigenvalue weighted by atomic mass is 32.2. The minimum atomic E-state index is -3.73. The maximum Gasteiger partial charge on any atom is 0.240 e. The van der Waals surface area contributed by atoms with Crippen LogP contribution in [0.2, 0.25) is 0 Å². The summed E-state index contributed by atoms with van der Waals surface area (Å²) in [6, 6.07) is 2.27. The lowest BCUT2D eigenvalue weighted by Gasteiger charge is -2.18. The molecular formula is C13H22FN3O2S. The molecule has 0 aromatic heterocycles. The molecule has 20 heavy (non-hydrogen) atoms. The highest BCUT2D eigenvalue weighted by Crippen LogP contribution is 2.20. The van der Waals surface area contributed by atoms with Gasteiger partial charge in [0.15, 0.2) is 0 Å². The van der Waals surface area contributed by atoms with Crippen LogP contribution in [0.3, 0.4) is 0 Å². The van der Waals surface area contributed by atoms with Crippen molar-refractivity contribution in [3.63, 3.8) is 0 Å². The number of hydrogen-bond donors (Lipinski definition) is 2. The zero-order chi connectivity index (χ0) is 15.3. The summed E-state index contributed by atoms with van der Waals surface area (Å²) >= 11 is 0. The maximum absolute atomic E-state index is 13.5. The number of halogens is 1. The predicted octanol–water partition coefficient (Wildman–Crippen LogP) is 1.34. The van der Waals surface area contributed by atoms with Gasteiger partial charge in [-0.2, -0.15) is 0 Å². The van der Waals surface area contributed by atoms with Crippen LogP contribution in [0.15, 0.2) is 17.0 Å². The van der Waals surface area contributed by atoms with Gasteiger partial charge in [0, 0.05) is 24.3 Å². The molecule has 0 unspecified atom stereocenters. The molecule has 114 valence electrons. The number of nitrogen functional groups attached to an aromatic ring is 1. The highest BCUT2D eigenvalue weighted by Gasteiger charge is 2.17. The van der Waals surface area contributed by atoms with Crippen molar-refractivity contribution in [3.8, 4) is 0 Å². The van der Waals surface area contributed by atoms with E-state index in [0.717, 1.165) is 19.2 Å². The SMILES string of the molecule is CCN(CC)CCNS(=O)(=O)c1cc(N)c(C)c(F)c1. The summed E-state index contributed by atoms with van der Waals surface area (Å²) in [6.07, 6.45) is 0. The molecule has 0 atom stereocenters. The molecule has 0 aliphatic heterocycles. The third-order valence-corrected chi connectivity index (χ3v) is 4.72. The molecule has 3 N–H and O–H groups in total. The molecule has 0 saturated carbocycles. The Balaban J connectivity index is 2.79. The van der Waals surface area contributed by atoms with Crippen LogP contribution >= 0.6 is 0 Å². The Morgan fingerprint density at radius 1 is 1.30 bits per heavy atom. The van der Waals surface area contributed by atoms with Gasteiger partial charge in [0.05, 0.1) is 4.90 Å². The van der Waals surface area contributed by atoms with Gasteiger partial charge in [-0.05, 0) is 32.1 Å². The lowest BCUT2D eigenvalue weighted by atomic mass is 10.2. The van der Waals surface area contributed by atoms with Crippen molar-refractivity contribution in [2.24, 2.45) is 0 Å². The van der Waals surface area contributed by atoms with Crippen molar-refractivity contribution in [2.45, 2.75) is 25.7 Å². The zero-order valence-corrected chi connectivity index (χ0v) is 12.9. The van der Waals surface area contributed by atoms with E-state index in [-0.39, 0.29) is 22.7 Å². The number of nitrogens with two attached hydrogens (primary N) is 1. The second-order valence-corrected chi connectivity index (χ2v) is 6.31. The van der Waals surface area contributed by atoms with E-state index in [1.165, 1.54) is 13.0 Å². The van der Waals surface area contributed by atoms with Crippen LogP contribution < -0.4 is 10.5 Å². The third kappa shape index (κ3) is 4.16. The normalized spacial score (nSPS) is 12.1.